The molecule has 31 heteroatoms. The van der Waals surface area contributed by atoms with Crippen molar-refractivity contribution in [2.24, 2.45) is 53.3 Å². The SMILES string of the molecule is BrC(Br)Br.C1OC1C(C1CO1)C1CO1.C=CCC.C=CCC(CC(Br)Br)C(Br)C(Br)C(Br)C(Br)Br.C=CCC(CC(C1CO1)C1CO1)C(C1CO1)C(C1CO1)C(CC1CO1)C1CO1.CC(=O)C(C)Br.CC(=O)C(C)C(Br)CCC1(C)OC1(C)C.CCC(CC(Br)CCC1(C)OC1(C)C)C(=O)OC.COC(=O)C(C)Br. The van der Waals surface area contributed by atoms with E-state index in [-0.39, 0.29) is 78.6 Å². The second kappa shape index (κ2) is 53.1. The van der Waals surface area contributed by atoms with E-state index in [9.17, 15) is 19.2 Å². The molecule has 0 bridgehead atoms. The fourth-order valence-electron chi connectivity index (χ4n) is 13.0. The first-order valence-corrected chi connectivity index (χ1v) is 50.7. The highest BCUT2D eigenvalue weighted by Crippen LogP contribution is 2.54. The summed E-state index contributed by atoms with van der Waals surface area (Å²) >= 11 is 48.1. The molecule has 0 aromatic carbocycles. The lowest BCUT2D eigenvalue weighted by Gasteiger charge is -2.37. The van der Waals surface area contributed by atoms with Gasteiger partial charge in [-0.25, -0.2) is 0 Å². The number of carbonyl (C=O) groups excluding carboxylic acids is 4. The molecule has 11 fully saturated rings. The van der Waals surface area contributed by atoms with Crippen LogP contribution in [0.15, 0.2) is 38.0 Å². The number of rotatable bonds is 40. The molecule has 0 saturated carbocycles. The number of hydrogen-bond donors (Lipinski definition) is 0. The lowest BCUT2D eigenvalue weighted by Crippen LogP contribution is -2.40. The first-order chi connectivity index (χ1) is 51.0. The number of alkyl halides is 14. The minimum atomic E-state index is -0.236. The number of Topliss-reactive ketones (excluding diaryl/α,β-unsaturated/α-hetero) is 2. The van der Waals surface area contributed by atoms with Crippen molar-refractivity contribution in [3.8, 4) is 0 Å². The van der Waals surface area contributed by atoms with Crippen LogP contribution in [-0.4, -0.2) is 218 Å². The summed E-state index contributed by atoms with van der Waals surface area (Å²) in [4.78, 5) is 44.5. The molecule has 11 aliphatic heterocycles. The molecule has 11 saturated heterocycles. The standard InChI is InChI=1S/C22H32O6.C14H25BrO3.C12H21BrO2.C10H13Br7.C7H10O3.C4H7BrO2.C4H7BrO.C4H8.CHBr3/c1-2-3-12(4-14(16-7-24-16)17-8-25-17)21(19-10-27-19)22(20-11-28-20)15(18-9-26-18)5-13-6-23-13;1-6-10(12(16)17-5)9-11(15)7-8-14(4)13(2,3)18-14;1-8(9(2)14)10(13)6-7-12(5)11(3,4)15-12;1-2-3-5(4-6(11)12)7(13)8(14)9(15)10(16)17;1-4(8-1)7(5-2-9-5)6-3-10-6;1-3(5)4(6)7-2;1-3(5)4(2)6;1-3-4-2;2-1(3)4/h2,12-22H,1,3-11H2;10-11H,6-9H2,1-5H3;8,10H,6-7H2,1-5H3;2,5-10H,1,3-4H2;4-7H,1-3H2;3H,1-2H3;3H,1-2H3;3H,1,4H2,2H3;1H. The second-order valence-electron chi connectivity index (χ2n) is 30.8. The third kappa shape index (κ3) is 42.6. The summed E-state index contributed by atoms with van der Waals surface area (Å²) in [6.45, 7) is 45.1. The van der Waals surface area contributed by atoms with Gasteiger partial charge in [-0.3, -0.25) is 19.2 Å². The maximum absolute atomic E-state index is 11.5. The van der Waals surface area contributed by atoms with Crippen molar-refractivity contribution in [2.45, 2.75) is 288 Å². The molecule has 17 nitrogen and oxygen atoms in total. The van der Waals surface area contributed by atoms with Crippen molar-refractivity contribution in [1.82, 2.24) is 0 Å². The third-order valence-electron chi connectivity index (χ3n) is 21.5. The Morgan fingerprint density at radius 2 is 0.872 bits per heavy atom. The Morgan fingerprint density at radius 1 is 0.486 bits per heavy atom. The minimum absolute atomic E-state index is 0.000290. The Bertz CT molecular complexity index is 2610. The first kappa shape index (κ1) is 107. The van der Waals surface area contributed by atoms with Gasteiger partial charge < -0.3 is 61.6 Å². The van der Waals surface area contributed by atoms with Gasteiger partial charge in [0.05, 0.1) is 174 Å². The van der Waals surface area contributed by atoms with Crippen molar-refractivity contribution in [3.05, 3.63) is 38.0 Å². The van der Waals surface area contributed by atoms with Gasteiger partial charge in [-0.05, 0) is 176 Å². The van der Waals surface area contributed by atoms with Crippen LogP contribution in [0.5, 0.6) is 0 Å². The van der Waals surface area contributed by atoms with E-state index in [0.717, 1.165) is 137 Å². The van der Waals surface area contributed by atoms with E-state index in [4.69, 9.17) is 56.8 Å². The average Bonchev–Trinajstić information content (AvgIpc) is 1.61. The first-order valence-electron chi connectivity index (χ1n) is 37.9. The molecular formula is C78H124Br14O17. The van der Waals surface area contributed by atoms with E-state index in [1.54, 1.807) is 20.8 Å². The van der Waals surface area contributed by atoms with Crippen LogP contribution in [0.1, 0.15) is 167 Å². The van der Waals surface area contributed by atoms with Crippen molar-refractivity contribution in [1.29, 1.82) is 0 Å². The van der Waals surface area contributed by atoms with Gasteiger partial charge in [-0.15, -0.1) is 19.7 Å². The summed E-state index contributed by atoms with van der Waals surface area (Å²) in [5, 5.41) is 0. The number of epoxide rings is 11. The zero-order valence-corrected chi connectivity index (χ0v) is 88.3. The molecule has 0 aromatic rings. The number of carbonyl (C=O) groups is 4. The lowest BCUT2D eigenvalue weighted by atomic mass is 9.66. The van der Waals surface area contributed by atoms with E-state index in [2.05, 4.69) is 302 Å². The topological polar surface area (TPSA) is 225 Å². The Balaban J connectivity index is 0.000000340. The summed E-state index contributed by atoms with van der Waals surface area (Å²) in [6, 6.07) is 0. The molecule has 0 spiro atoms. The highest BCUT2D eigenvalue weighted by Gasteiger charge is 2.61. The largest absolute Gasteiger partial charge is 0.469 e. The summed E-state index contributed by atoms with van der Waals surface area (Å²) < 4.78 is 71.6. The molecule has 0 amide bonds. The van der Waals surface area contributed by atoms with Gasteiger partial charge in [-0.1, -0.05) is 262 Å². The van der Waals surface area contributed by atoms with E-state index in [0.29, 0.717) is 119 Å². The summed E-state index contributed by atoms with van der Waals surface area (Å²) in [6.07, 6.45) is 21.6. The van der Waals surface area contributed by atoms with Gasteiger partial charge in [0.1, 0.15) is 19.0 Å². The fourth-order valence-corrected chi connectivity index (χ4v) is 19.1. The van der Waals surface area contributed by atoms with Crippen molar-refractivity contribution < 1.29 is 80.8 Å². The zero-order chi connectivity index (χ0) is 82.6. The van der Waals surface area contributed by atoms with Gasteiger partial charge in [0.25, 0.3) is 0 Å². The normalized spacial score (nSPS) is 30.6. The molecule has 11 rings (SSSR count). The highest BCUT2D eigenvalue weighted by molar-refractivity contribution is 9.38. The van der Waals surface area contributed by atoms with Gasteiger partial charge in [-0.2, -0.15) is 0 Å². The molecule has 0 radical (unpaired) electrons. The molecule has 0 aromatic heterocycles. The Labute approximate surface area is 771 Å². The Kier molecular flexibility index (Phi) is 52.1. The van der Waals surface area contributed by atoms with Gasteiger partial charge in [0.15, 0.2) is 0 Å². The predicted molar refractivity (Wildman–Crippen MR) is 489 cm³/mol. The lowest BCUT2D eigenvalue weighted by molar-refractivity contribution is -0.145. The van der Waals surface area contributed by atoms with Crippen LogP contribution in [-0.2, 0) is 80.8 Å². The van der Waals surface area contributed by atoms with E-state index >= 15 is 0 Å². The predicted octanol–water partition coefficient (Wildman–Crippen LogP) is 22.1. The van der Waals surface area contributed by atoms with Crippen LogP contribution in [0.25, 0.3) is 0 Å². The van der Waals surface area contributed by atoms with Crippen LogP contribution in [0.4, 0.5) is 0 Å². The maximum Gasteiger partial charge on any atom is 0.319 e. The van der Waals surface area contributed by atoms with Crippen LogP contribution in [0.3, 0.4) is 0 Å². The van der Waals surface area contributed by atoms with Crippen molar-refractivity contribution >= 4 is 247 Å². The highest BCUT2D eigenvalue weighted by atomic mass is 80.0. The number of methoxy groups -OCH3 is 2. The molecule has 0 aliphatic carbocycles. The number of hydrogen-bond acceptors (Lipinski definition) is 17. The molecule has 25 unspecified atom stereocenters. The van der Waals surface area contributed by atoms with Crippen LogP contribution < -0.4 is 0 Å². The quantitative estimate of drug-likeness (QED) is 0.0241. The minimum Gasteiger partial charge on any atom is -0.469 e. The monoisotopic (exact) mass is 2440 g/mol. The van der Waals surface area contributed by atoms with Gasteiger partial charge >= 0.3 is 11.9 Å². The fraction of sp³-hybridized carbons (Fsp3) is 0.872. The van der Waals surface area contributed by atoms with Crippen LogP contribution in [0.2, 0.25) is 0 Å². The second-order valence-corrected chi connectivity index (χ2v) is 52.2. The van der Waals surface area contributed by atoms with Gasteiger partial charge in [0, 0.05) is 37.1 Å². The Morgan fingerprint density at radius 3 is 1.17 bits per heavy atom. The summed E-state index contributed by atoms with van der Waals surface area (Å²) in [5.41, 5.74) is 0.0347. The van der Waals surface area contributed by atoms with E-state index in [1.807, 2.05) is 32.9 Å². The molecule has 25 atom stereocenters. The van der Waals surface area contributed by atoms with Crippen molar-refractivity contribution in [3.63, 3.8) is 0 Å². The molecule has 0 N–H and O–H groups in total. The van der Waals surface area contributed by atoms with Gasteiger partial charge in [0.2, 0.25) is 0 Å². The number of ketones is 2. The molecule has 11 heterocycles. The zero-order valence-electron chi connectivity index (χ0n) is 66.1. The van der Waals surface area contributed by atoms with Crippen molar-refractivity contribution in [2.75, 3.05) is 73.7 Å². The van der Waals surface area contributed by atoms with E-state index in [1.165, 1.54) is 14.2 Å². The third-order valence-corrected chi connectivity index (χ3v) is 32.9. The number of halogens is 14. The summed E-state index contributed by atoms with van der Waals surface area (Å²) in [5.74, 6) is 3.76. The molecule has 109 heavy (non-hydrogen) atoms. The average molecular weight is 2450 g/mol. The number of esters is 2. The molecular weight excluding hydrogens is 2330 g/mol. The van der Waals surface area contributed by atoms with Crippen LogP contribution in [0, 0.1) is 53.3 Å². The van der Waals surface area contributed by atoms with Crippen LogP contribution >= 0.6 is 223 Å². The number of ether oxygens (including phenoxy) is 13. The molecule has 636 valence electrons. The Hall–Kier alpha value is 3.78. The summed E-state index contributed by atoms with van der Waals surface area (Å²) in [7, 11) is 2.82. The maximum atomic E-state index is 11.5. The smallest absolute Gasteiger partial charge is 0.319 e. The molecule has 11 aliphatic rings. The van der Waals surface area contributed by atoms with E-state index < -0.39 is 0 Å². The number of allylic oxidation sites excluding steroid dienone is 3.